The Morgan fingerprint density at radius 1 is 1.40 bits per heavy atom. The topological polar surface area (TPSA) is 68.1 Å². The Morgan fingerprint density at radius 3 is 2.60 bits per heavy atom. The third-order valence-electron chi connectivity index (χ3n) is 4.14. The molecule has 110 valence electrons. The molecule has 20 heavy (non-hydrogen) atoms. The molecule has 1 aromatic rings. The first kappa shape index (κ1) is 15.2. The van der Waals surface area contributed by atoms with Crippen LogP contribution in [0.1, 0.15) is 39.0 Å². The smallest absolute Gasteiger partial charge is 0.288 e. The second kappa shape index (κ2) is 7.02. The van der Waals surface area contributed by atoms with E-state index >= 15 is 0 Å². The van der Waals surface area contributed by atoms with Gasteiger partial charge in [0.15, 0.2) is 0 Å². The van der Waals surface area contributed by atoms with Crippen molar-refractivity contribution in [3.05, 3.63) is 26.9 Å². The van der Waals surface area contributed by atoms with E-state index in [9.17, 15) is 10.1 Å². The standard InChI is InChI=1S/C14H20BrN3O2/c1-2-10-3-5-11(6-4-10)8-16-14-13(15)7-12(9-17-14)18(19)20/h7,9-11H,2-6,8H2,1H3,(H,16,17). The highest BCUT2D eigenvalue weighted by molar-refractivity contribution is 9.10. The fourth-order valence-electron chi connectivity index (χ4n) is 2.74. The van der Waals surface area contributed by atoms with E-state index in [2.05, 4.69) is 33.2 Å². The average Bonchev–Trinajstić information content (AvgIpc) is 2.46. The maximum absolute atomic E-state index is 10.7. The van der Waals surface area contributed by atoms with Crippen molar-refractivity contribution in [2.75, 3.05) is 11.9 Å². The molecular weight excluding hydrogens is 322 g/mol. The van der Waals surface area contributed by atoms with Gasteiger partial charge in [0, 0.05) is 12.6 Å². The molecule has 0 radical (unpaired) electrons. The molecule has 0 atom stereocenters. The summed E-state index contributed by atoms with van der Waals surface area (Å²) in [4.78, 5) is 14.3. The SMILES string of the molecule is CCC1CCC(CNc2ncc([N+](=O)[O-])cc2Br)CC1. The summed E-state index contributed by atoms with van der Waals surface area (Å²) in [5, 5.41) is 14.0. The molecule has 1 fully saturated rings. The molecule has 1 aromatic heterocycles. The van der Waals surface area contributed by atoms with Gasteiger partial charge in [0.05, 0.1) is 9.40 Å². The molecule has 5 nitrogen and oxygen atoms in total. The Bertz CT molecular complexity index is 473. The second-order valence-electron chi connectivity index (χ2n) is 5.46. The van der Waals surface area contributed by atoms with Crippen LogP contribution in [-0.2, 0) is 0 Å². The maximum atomic E-state index is 10.7. The Balaban J connectivity index is 1.87. The number of halogens is 1. The number of nitrogens with zero attached hydrogens (tertiary/aromatic N) is 2. The highest BCUT2D eigenvalue weighted by Gasteiger charge is 2.20. The monoisotopic (exact) mass is 341 g/mol. The zero-order valence-electron chi connectivity index (χ0n) is 11.6. The Labute approximate surface area is 127 Å². The van der Waals surface area contributed by atoms with Gasteiger partial charge in [-0.3, -0.25) is 10.1 Å². The fraction of sp³-hybridized carbons (Fsp3) is 0.643. The van der Waals surface area contributed by atoms with Crippen LogP contribution >= 0.6 is 15.9 Å². The van der Waals surface area contributed by atoms with Gasteiger partial charge in [0.2, 0.25) is 0 Å². The van der Waals surface area contributed by atoms with Crippen molar-refractivity contribution >= 4 is 27.4 Å². The Morgan fingerprint density at radius 2 is 2.05 bits per heavy atom. The molecule has 0 aromatic carbocycles. The number of nitro groups is 1. The van der Waals surface area contributed by atoms with Crippen LogP contribution in [0.4, 0.5) is 11.5 Å². The number of aromatic nitrogens is 1. The van der Waals surface area contributed by atoms with E-state index in [-0.39, 0.29) is 5.69 Å². The van der Waals surface area contributed by atoms with Crippen molar-refractivity contribution in [1.29, 1.82) is 0 Å². The molecule has 1 aliphatic carbocycles. The zero-order chi connectivity index (χ0) is 14.5. The van der Waals surface area contributed by atoms with E-state index in [1.54, 1.807) is 0 Å². The number of hydrogen-bond acceptors (Lipinski definition) is 4. The minimum Gasteiger partial charge on any atom is -0.369 e. The first-order chi connectivity index (χ1) is 9.60. The number of hydrogen-bond donors (Lipinski definition) is 1. The molecule has 1 N–H and O–H groups in total. The van der Waals surface area contributed by atoms with Crippen LogP contribution in [0.3, 0.4) is 0 Å². The maximum Gasteiger partial charge on any atom is 0.288 e. The fourth-order valence-corrected chi connectivity index (χ4v) is 3.22. The van der Waals surface area contributed by atoms with Crippen LogP contribution in [0.15, 0.2) is 16.7 Å². The van der Waals surface area contributed by atoms with E-state index < -0.39 is 4.92 Å². The second-order valence-corrected chi connectivity index (χ2v) is 6.31. The van der Waals surface area contributed by atoms with Crippen molar-refractivity contribution in [1.82, 2.24) is 4.98 Å². The number of nitrogens with one attached hydrogen (secondary N) is 1. The summed E-state index contributed by atoms with van der Waals surface area (Å²) in [7, 11) is 0. The van der Waals surface area contributed by atoms with E-state index in [0.717, 1.165) is 12.5 Å². The van der Waals surface area contributed by atoms with Gasteiger partial charge in [-0.2, -0.15) is 0 Å². The molecule has 2 rings (SSSR count). The van der Waals surface area contributed by atoms with Crippen LogP contribution in [0.2, 0.25) is 0 Å². The number of pyridine rings is 1. The number of rotatable bonds is 5. The molecule has 0 bridgehead atoms. The van der Waals surface area contributed by atoms with Gasteiger partial charge in [-0.25, -0.2) is 4.98 Å². The molecule has 1 heterocycles. The molecule has 0 saturated heterocycles. The molecule has 0 aliphatic heterocycles. The van der Waals surface area contributed by atoms with E-state index in [0.29, 0.717) is 16.2 Å². The third-order valence-corrected chi connectivity index (χ3v) is 4.74. The molecule has 0 spiro atoms. The highest BCUT2D eigenvalue weighted by atomic mass is 79.9. The van der Waals surface area contributed by atoms with Crippen molar-refractivity contribution in [3.8, 4) is 0 Å². The first-order valence-corrected chi connectivity index (χ1v) is 7.93. The summed E-state index contributed by atoms with van der Waals surface area (Å²) in [5.41, 5.74) is 0.00544. The average molecular weight is 342 g/mol. The Hall–Kier alpha value is -1.17. The minimum absolute atomic E-state index is 0.00544. The third kappa shape index (κ3) is 3.91. The zero-order valence-corrected chi connectivity index (χ0v) is 13.2. The summed E-state index contributed by atoms with van der Waals surface area (Å²) >= 11 is 3.33. The predicted octanol–water partition coefficient (Wildman–Crippen LogP) is 4.38. The molecule has 6 heteroatoms. The van der Waals surface area contributed by atoms with Crippen LogP contribution in [0.5, 0.6) is 0 Å². The van der Waals surface area contributed by atoms with Crippen molar-refractivity contribution in [3.63, 3.8) is 0 Å². The van der Waals surface area contributed by atoms with Gasteiger partial charge in [-0.15, -0.1) is 0 Å². The van der Waals surface area contributed by atoms with E-state index in [4.69, 9.17) is 0 Å². The van der Waals surface area contributed by atoms with E-state index in [1.165, 1.54) is 44.4 Å². The van der Waals surface area contributed by atoms with Gasteiger partial charge in [0.25, 0.3) is 5.69 Å². The summed E-state index contributed by atoms with van der Waals surface area (Å²) < 4.78 is 0.647. The summed E-state index contributed by atoms with van der Waals surface area (Å²) in [6.45, 7) is 3.15. The lowest BCUT2D eigenvalue weighted by atomic mass is 9.81. The first-order valence-electron chi connectivity index (χ1n) is 7.14. The van der Waals surface area contributed by atoms with Gasteiger partial charge < -0.3 is 5.32 Å². The summed E-state index contributed by atoms with van der Waals surface area (Å²) in [6, 6.07) is 1.49. The summed E-state index contributed by atoms with van der Waals surface area (Å²) in [5.74, 6) is 2.27. The normalized spacial score (nSPS) is 22.5. The minimum atomic E-state index is -0.437. The quantitative estimate of drug-likeness (QED) is 0.637. The van der Waals surface area contributed by atoms with Crippen LogP contribution < -0.4 is 5.32 Å². The van der Waals surface area contributed by atoms with E-state index in [1.807, 2.05) is 0 Å². The van der Waals surface area contributed by atoms with Gasteiger partial charge >= 0.3 is 0 Å². The van der Waals surface area contributed by atoms with Gasteiger partial charge in [0.1, 0.15) is 12.0 Å². The van der Waals surface area contributed by atoms with Gasteiger partial charge in [-0.1, -0.05) is 26.2 Å². The van der Waals surface area contributed by atoms with Crippen LogP contribution in [0, 0.1) is 22.0 Å². The largest absolute Gasteiger partial charge is 0.369 e. The highest BCUT2D eigenvalue weighted by Crippen LogP contribution is 2.31. The molecule has 0 unspecified atom stereocenters. The lowest BCUT2D eigenvalue weighted by molar-refractivity contribution is -0.385. The Kier molecular flexibility index (Phi) is 5.34. The van der Waals surface area contributed by atoms with Crippen molar-refractivity contribution in [2.24, 2.45) is 11.8 Å². The van der Waals surface area contributed by atoms with Crippen molar-refractivity contribution in [2.45, 2.75) is 39.0 Å². The predicted molar refractivity (Wildman–Crippen MR) is 82.8 cm³/mol. The van der Waals surface area contributed by atoms with Crippen LogP contribution in [-0.4, -0.2) is 16.5 Å². The lowest BCUT2D eigenvalue weighted by Gasteiger charge is -2.28. The number of anilines is 1. The lowest BCUT2D eigenvalue weighted by Crippen LogP contribution is -2.21. The molecule has 1 aliphatic rings. The van der Waals surface area contributed by atoms with Crippen molar-refractivity contribution < 1.29 is 4.92 Å². The van der Waals surface area contributed by atoms with Gasteiger partial charge in [-0.05, 0) is 40.6 Å². The summed E-state index contributed by atoms with van der Waals surface area (Å²) in [6.07, 6.45) is 7.73. The van der Waals surface area contributed by atoms with Crippen LogP contribution in [0.25, 0.3) is 0 Å². The molecule has 1 saturated carbocycles. The molecular formula is C14H20BrN3O2. The molecule has 0 amide bonds.